The van der Waals surface area contributed by atoms with E-state index in [1.165, 1.54) is 18.4 Å². The smallest absolute Gasteiger partial charge is 0.274 e. The Labute approximate surface area is 159 Å². The van der Waals surface area contributed by atoms with Crippen molar-refractivity contribution in [2.75, 3.05) is 26.7 Å². The second-order valence-corrected chi connectivity index (χ2v) is 8.04. The Morgan fingerprint density at radius 3 is 2.63 bits per heavy atom. The van der Waals surface area contributed by atoms with Gasteiger partial charge in [0.15, 0.2) is 0 Å². The predicted octanol–water partition coefficient (Wildman–Crippen LogP) is 2.13. The van der Waals surface area contributed by atoms with E-state index in [1.54, 1.807) is 11.8 Å². The number of likely N-dealkylation sites (tertiary alicyclic amines) is 1. The number of rotatable bonds is 3. The number of hydrogen-bond donors (Lipinski definition) is 0. The third-order valence-electron chi connectivity index (χ3n) is 6.73. The maximum atomic E-state index is 13.3. The average molecular weight is 366 g/mol. The topological polar surface area (TPSA) is 50.6 Å². The molecule has 4 fully saturated rings. The third kappa shape index (κ3) is 2.57. The van der Waals surface area contributed by atoms with Crippen molar-refractivity contribution in [3.05, 3.63) is 47.8 Å². The van der Waals surface area contributed by atoms with Gasteiger partial charge in [-0.15, -0.1) is 0 Å². The zero-order chi connectivity index (χ0) is 18.5. The van der Waals surface area contributed by atoms with Crippen molar-refractivity contribution in [2.45, 2.75) is 30.8 Å². The second-order valence-electron chi connectivity index (χ2n) is 8.04. The minimum absolute atomic E-state index is 0.0664. The summed E-state index contributed by atoms with van der Waals surface area (Å²) < 4.78 is 7.37. The van der Waals surface area contributed by atoms with E-state index < -0.39 is 0 Å². The van der Waals surface area contributed by atoms with Crippen molar-refractivity contribution >= 4 is 5.91 Å². The van der Waals surface area contributed by atoms with Gasteiger partial charge in [-0.3, -0.25) is 14.4 Å². The summed E-state index contributed by atoms with van der Waals surface area (Å²) in [6.45, 7) is 3.02. The summed E-state index contributed by atoms with van der Waals surface area (Å²) in [6, 6.07) is 10.8. The van der Waals surface area contributed by atoms with Crippen molar-refractivity contribution in [3.8, 4) is 5.75 Å². The Bertz CT molecular complexity index is 855. The maximum absolute atomic E-state index is 13.3. The number of amides is 1. The summed E-state index contributed by atoms with van der Waals surface area (Å²) >= 11 is 0. The molecule has 6 rings (SSSR count). The molecule has 27 heavy (non-hydrogen) atoms. The number of piperidine rings is 3. The van der Waals surface area contributed by atoms with Crippen molar-refractivity contribution < 1.29 is 9.53 Å². The van der Waals surface area contributed by atoms with Crippen LogP contribution >= 0.6 is 0 Å². The minimum Gasteiger partial charge on any atom is -0.496 e. The van der Waals surface area contributed by atoms with Crippen LogP contribution in [0.15, 0.2) is 36.5 Å². The number of aromatic nitrogens is 2. The summed E-state index contributed by atoms with van der Waals surface area (Å²) in [5, 5.41) is 4.37. The maximum Gasteiger partial charge on any atom is 0.274 e. The zero-order valence-corrected chi connectivity index (χ0v) is 15.9. The zero-order valence-electron chi connectivity index (χ0n) is 15.9. The molecule has 5 heterocycles. The molecule has 2 bridgehead atoms. The first-order valence-corrected chi connectivity index (χ1v) is 9.85. The van der Waals surface area contributed by atoms with Crippen LogP contribution in [0.1, 0.15) is 34.8 Å². The summed E-state index contributed by atoms with van der Waals surface area (Å²) in [7, 11) is 3.59. The fraction of sp³-hybridized carbons (Fsp3) is 0.524. The molecule has 0 radical (unpaired) electrons. The number of carbonyl (C=O) groups is 1. The Hall–Kier alpha value is -2.34. The first-order chi connectivity index (χ1) is 13.2. The van der Waals surface area contributed by atoms with E-state index in [1.807, 2.05) is 31.4 Å². The number of carbonyl (C=O) groups excluding carboxylic acids is 1. The average Bonchev–Trinajstić information content (AvgIpc) is 3.33. The molecule has 6 heteroatoms. The standard InChI is InChI=1S/C21H26N4O2/c1-23-10-9-17(22-23)21(26)25-13-16(15-5-3-4-6-18(15)27-2)20-19(25)14-7-11-24(20)12-8-14/h3-6,9-10,14,16,19-20H,7-8,11-13H2,1-2H3/t16-,19+,20+/m1/s1. The van der Waals surface area contributed by atoms with Gasteiger partial charge in [-0.25, -0.2) is 0 Å². The van der Waals surface area contributed by atoms with Crippen LogP contribution in [-0.4, -0.2) is 64.3 Å². The van der Waals surface area contributed by atoms with Crippen molar-refractivity contribution in [3.63, 3.8) is 0 Å². The molecule has 1 aromatic carbocycles. The first kappa shape index (κ1) is 16.8. The molecule has 0 unspecified atom stereocenters. The van der Waals surface area contributed by atoms with Gasteiger partial charge < -0.3 is 9.64 Å². The lowest BCUT2D eigenvalue weighted by Gasteiger charge is -2.51. The van der Waals surface area contributed by atoms with Gasteiger partial charge in [0.1, 0.15) is 11.4 Å². The van der Waals surface area contributed by atoms with Crippen LogP contribution < -0.4 is 4.74 Å². The number of methoxy groups -OCH3 is 1. The van der Waals surface area contributed by atoms with Crippen molar-refractivity contribution in [1.82, 2.24) is 19.6 Å². The number of hydrogen-bond acceptors (Lipinski definition) is 4. The van der Waals surface area contributed by atoms with Crippen molar-refractivity contribution in [2.24, 2.45) is 13.0 Å². The number of ether oxygens (including phenoxy) is 1. The van der Waals surface area contributed by atoms with E-state index in [0.717, 1.165) is 25.4 Å². The fourth-order valence-electron chi connectivity index (χ4n) is 5.58. The predicted molar refractivity (Wildman–Crippen MR) is 102 cm³/mol. The van der Waals surface area contributed by atoms with Gasteiger partial charge in [0.25, 0.3) is 5.91 Å². The molecule has 1 aromatic heterocycles. The van der Waals surface area contributed by atoms with Gasteiger partial charge in [-0.1, -0.05) is 18.2 Å². The normalized spacial score (nSPS) is 31.8. The van der Waals surface area contributed by atoms with E-state index in [4.69, 9.17) is 4.74 Å². The first-order valence-electron chi connectivity index (χ1n) is 9.85. The Morgan fingerprint density at radius 1 is 1.15 bits per heavy atom. The van der Waals surface area contributed by atoms with Crippen LogP contribution in [0.4, 0.5) is 0 Å². The molecule has 142 valence electrons. The van der Waals surface area contributed by atoms with E-state index >= 15 is 0 Å². The fourth-order valence-corrected chi connectivity index (χ4v) is 5.58. The van der Waals surface area contributed by atoms with Gasteiger partial charge in [-0.2, -0.15) is 5.10 Å². The number of benzene rings is 1. The third-order valence-corrected chi connectivity index (χ3v) is 6.73. The summed E-state index contributed by atoms with van der Waals surface area (Å²) in [5.41, 5.74) is 1.77. The molecule has 2 aromatic rings. The van der Waals surface area contributed by atoms with E-state index in [-0.39, 0.29) is 17.9 Å². The SMILES string of the molecule is COc1ccccc1[C@H]1CN(C(=O)c2ccn(C)n2)[C@H]2C3CCN(CC3)[C@@H]12. The van der Waals surface area contributed by atoms with Crippen molar-refractivity contribution in [1.29, 1.82) is 0 Å². The number of nitrogens with zero attached hydrogens (tertiary/aromatic N) is 4. The van der Waals surface area contributed by atoms with Gasteiger partial charge in [-0.05, 0) is 44.0 Å². The molecular weight excluding hydrogens is 340 g/mol. The highest BCUT2D eigenvalue weighted by Gasteiger charge is 2.55. The summed E-state index contributed by atoms with van der Waals surface area (Å²) in [6.07, 6.45) is 4.21. The second kappa shape index (κ2) is 6.37. The molecule has 3 atom stereocenters. The minimum atomic E-state index is 0.0664. The Kier molecular flexibility index (Phi) is 3.97. The lowest BCUT2D eigenvalue weighted by Crippen LogP contribution is -2.60. The molecule has 0 saturated carbocycles. The number of para-hydroxylation sites is 1. The molecule has 6 nitrogen and oxygen atoms in total. The lowest BCUT2D eigenvalue weighted by atomic mass is 9.75. The highest BCUT2D eigenvalue weighted by Crippen LogP contribution is 2.48. The Morgan fingerprint density at radius 2 is 1.93 bits per heavy atom. The van der Waals surface area contributed by atoms with Crippen LogP contribution in [0.3, 0.4) is 0 Å². The summed E-state index contributed by atoms with van der Waals surface area (Å²) in [4.78, 5) is 18.0. The van der Waals surface area contributed by atoms with E-state index in [9.17, 15) is 4.79 Å². The molecule has 0 N–H and O–H groups in total. The molecule has 0 aliphatic carbocycles. The molecule has 4 saturated heterocycles. The van der Waals surface area contributed by atoms with Crippen LogP contribution in [0.2, 0.25) is 0 Å². The highest BCUT2D eigenvalue weighted by atomic mass is 16.5. The van der Waals surface area contributed by atoms with Crippen LogP contribution in [-0.2, 0) is 7.05 Å². The molecule has 4 aliphatic rings. The van der Waals surface area contributed by atoms with Crippen LogP contribution in [0.25, 0.3) is 0 Å². The number of aryl methyl sites for hydroxylation is 1. The quantitative estimate of drug-likeness (QED) is 0.835. The van der Waals surface area contributed by atoms with Crippen LogP contribution in [0.5, 0.6) is 5.75 Å². The Balaban J connectivity index is 1.55. The van der Waals surface area contributed by atoms with E-state index in [2.05, 4.69) is 27.0 Å². The summed E-state index contributed by atoms with van der Waals surface area (Å²) in [5.74, 6) is 1.86. The van der Waals surface area contributed by atoms with Gasteiger partial charge in [0.2, 0.25) is 0 Å². The number of fused-ring (bicyclic) bond motifs is 2. The molecule has 1 amide bonds. The largest absolute Gasteiger partial charge is 0.496 e. The lowest BCUT2D eigenvalue weighted by molar-refractivity contribution is -0.00369. The molecule has 4 aliphatic heterocycles. The van der Waals surface area contributed by atoms with Gasteiger partial charge in [0, 0.05) is 37.3 Å². The van der Waals surface area contributed by atoms with E-state index in [0.29, 0.717) is 17.7 Å². The van der Waals surface area contributed by atoms with Gasteiger partial charge >= 0.3 is 0 Å². The molecule has 0 spiro atoms. The molecular formula is C21H26N4O2. The van der Waals surface area contributed by atoms with Gasteiger partial charge in [0.05, 0.1) is 13.2 Å². The van der Waals surface area contributed by atoms with Crippen LogP contribution in [0, 0.1) is 5.92 Å². The highest BCUT2D eigenvalue weighted by molar-refractivity contribution is 5.93. The monoisotopic (exact) mass is 366 g/mol.